The maximum Gasteiger partial charge on any atom is 0.252 e. The van der Waals surface area contributed by atoms with Crippen LogP contribution in [0.1, 0.15) is 20.8 Å². The van der Waals surface area contributed by atoms with Crippen molar-refractivity contribution in [2.45, 2.75) is 13.8 Å². The van der Waals surface area contributed by atoms with Gasteiger partial charge in [0.1, 0.15) is 5.00 Å². The summed E-state index contributed by atoms with van der Waals surface area (Å²) in [6, 6.07) is 3.85. The van der Waals surface area contributed by atoms with Crippen LogP contribution in [0.15, 0.2) is 24.5 Å². The topological polar surface area (TPSA) is 48.0 Å². The maximum atomic E-state index is 11.4. The van der Waals surface area contributed by atoms with Crippen molar-refractivity contribution in [3.63, 3.8) is 0 Å². The van der Waals surface area contributed by atoms with E-state index in [0.717, 1.165) is 15.4 Å². The van der Waals surface area contributed by atoms with Gasteiger partial charge in [0.2, 0.25) is 0 Å². The number of nitrogens with zero attached hydrogens (tertiary/aromatic N) is 1. The molecule has 2 rings (SSSR count). The molecule has 0 fully saturated rings. The lowest BCUT2D eigenvalue weighted by molar-refractivity contribution is 0.1000. The molecule has 0 saturated carbocycles. The second-order valence-electron chi connectivity index (χ2n) is 3.42. The van der Waals surface area contributed by atoms with Crippen LogP contribution in [0, 0.1) is 13.8 Å². The fourth-order valence-electron chi connectivity index (χ4n) is 1.55. The predicted octanol–water partition coefficient (Wildman–Crippen LogP) is 2.25. The number of carbonyl (C=O) groups excluding carboxylic acids is 1. The van der Waals surface area contributed by atoms with Crippen LogP contribution in [0.5, 0.6) is 0 Å². The first-order valence-electron chi connectivity index (χ1n) is 4.64. The Kier molecular flexibility index (Phi) is 2.36. The highest BCUT2D eigenvalue weighted by atomic mass is 32.1. The SMILES string of the molecule is Cc1sc(-n2cccc2)c(C(N)=O)c1C. The summed E-state index contributed by atoms with van der Waals surface area (Å²) in [4.78, 5) is 12.5. The molecule has 0 atom stereocenters. The molecule has 0 aliphatic heterocycles. The van der Waals surface area contributed by atoms with Gasteiger partial charge in [-0.25, -0.2) is 0 Å². The van der Waals surface area contributed by atoms with E-state index in [2.05, 4.69) is 0 Å². The quantitative estimate of drug-likeness (QED) is 0.829. The zero-order valence-corrected chi connectivity index (χ0v) is 9.47. The van der Waals surface area contributed by atoms with E-state index in [9.17, 15) is 4.79 Å². The third-order valence-electron chi connectivity index (χ3n) is 2.45. The molecule has 2 aromatic rings. The summed E-state index contributed by atoms with van der Waals surface area (Å²) < 4.78 is 1.92. The van der Waals surface area contributed by atoms with E-state index in [4.69, 9.17) is 5.73 Å². The lowest BCUT2D eigenvalue weighted by atomic mass is 10.1. The van der Waals surface area contributed by atoms with E-state index in [1.165, 1.54) is 0 Å². The highest BCUT2D eigenvalue weighted by Crippen LogP contribution is 2.30. The lowest BCUT2D eigenvalue weighted by Gasteiger charge is -2.01. The second-order valence-corrected chi connectivity index (χ2v) is 4.62. The van der Waals surface area contributed by atoms with Crippen molar-refractivity contribution in [1.82, 2.24) is 4.57 Å². The van der Waals surface area contributed by atoms with Crippen molar-refractivity contribution in [3.8, 4) is 5.00 Å². The van der Waals surface area contributed by atoms with Crippen LogP contribution in [0.4, 0.5) is 0 Å². The average molecular weight is 220 g/mol. The number of carbonyl (C=O) groups is 1. The number of thiophene rings is 1. The molecule has 2 aromatic heterocycles. The summed E-state index contributed by atoms with van der Waals surface area (Å²) in [5.41, 5.74) is 7.00. The number of aryl methyl sites for hydroxylation is 1. The number of rotatable bonds is 2. The van der Waals surface area contributed by atoms with Gasteiger partial charge in [0.15, 0.2) is 0 Å². The van der Waals surface area contributed by atoms with Crippen LogP contribution >= 0.6 is 11.3 Å². The zero-order chi connectivity index (χ0) is 11.0. The Morgan fingerprint density at radius 1 is 1.33 bits per heavy atom. The van der Waals surface area contributed by atoms with Crippen molar-refractivity contribution in [2.24, 2.45) is 5.73 Å². The minimum atomic E-state index is -0.361. The van der Waals surface area contributed by atoms with Gasteiger partial charge in [0, 0.05) is 17.3 Å². The first kappa shape index (κ1) is 9.98. The molecule has 0 unspecified atom stereocenters. The third kappa shape index (κ3) is 1.57. The van der Waals surface area contributed by atoms with Gasteiger partial charge in [-0.05, 0) is 31.5 Å². The molecular weight excluding hydrogens is 208 g/mol. The number of primary amides is 1. The molecule has 0 aliphatic carbocycles. The Hall–Kier alpha value is -1.55. The van der Waals surface area contributed by atoms with Crippen molar-refractivity contribution in [3.05, 3.63) is 40.5 Å². The highest BCUT2D eigenvalue weighted by Gasteiger charge is 2.17. The summed E-state index contributed by atoms with van der Waals surface area (Å²) >= 11 is 1.59. The summed E-state index contributed by atoms with van der Waals surface area (Å²) in [5, 5.41) is 0.905. The van der Waals surface area contributed by atoms with E-state index in [-0.39, 0.29) is 5.91 Å². The fraction of sp³-hybridized carbons (Fsp3) is 0.182. The number of amides is 1. The summed E-state index contributed by atoms with van der Waals surface area (Å²) in [6.07, 6.45) is 3.83. The minimum Gasteiger partial charge on any atom is -0.365 e. The molecular formula is C11H12N2OS. The van der Waals surface area contributed by atoms with Crippen LogP contribution in [0.25, 0.3) is 5.00 Å². The van der Waals surface area contributed by atoms with Gasteiger partial charge in [0.25, 0.3) is 5.91 Å². The Balaban J connectivity index is 2.67. The smallest absolute Gasteiger partial charge is 0.252 e. The third-order valence-corrected chi connectivity index (χ3v) is 3.67. The van der Waals surface area contributed by atoms with Gasteiger partial charge in [-0.15, -0.1) is 11.3 Å². The van der Waals surface area contributed by atoms with Gasteiger partial charge in [-0.2, -0.15) is 0 Å². The van der Waals surface area contributed by atoms with Crippen LogP contribution in [-0.4, -0.2) is 10.5 Å². The molecule has 1 amide bonds. The molecule has 0 radical (unpaired) electrons. The Bertz CT molecular complexity index is 497. The standard InChI is InChI=1S/C11H12N2OS/c1-7-8(2)15-11(9(7)10(12)14)13-5-3-4-6-13/h3-6H,1-2H3,(H2,12,14). The molecule has 2 heterocycles. The number of aromatic nitrogens is 1. The fourth-order valence-corrected chi connectivity index (χ4v) is 2.68. The lowest BCUT2D eigenvalue weighted by Crippen LogP contribution is -2.13. The first-order valence-corrected chi connectivity index (χ1v) is 5.46. The molecule has 0 spiro atoms. The van der Waals surface area contributed by atoms with Gasteiger partial charge in [-0.1, -0.05) is 0 Å². The molecule has 0 saturated heterocycles. The molecule has 0 aliphatic rings. The van der Waals surface area contributed by atoms with Crippen molar-refractivity contribution < 1.29 is 4.79 Å². The largest absolute Gasteiger partial charge is 0.365 e. The second kappa shape index (κ2) is 3.55. The number of nitrogens with two attached hydrogens (primary N) is 1. The average Bonchev–Trinajstić information content (AvgIpc) is 2.75. The minimum absolute atomic E-state index is 0.361. The molecule has 78 valence electrons. The van der Waals surface area contributed by atoms with Crippen LogP contribution < -0.4 is 5.73 Å². The summed E-state index contributed by atoms with van der Waals surface area (Å²) in [5.74, 6) is -0.361. The normalized spacial score (nSPS) is 10.5. The predicted molar refractivity (Wildman–Crippen MR) is 61.6 cm³/mol. The van der Waals surface area contributed by atoms with Crippen molar-refractivity contribution in [1.29, 1.82) is 0 Å². The van der Waals surface area contributed by atoms with Gasteiger partial charge >= 0.3 is 0 Å². The van der Waals surface area contributed by atoms with Gasteiger partial charge in [0.05, 0.1) is 5.56 Å². The Morgan fingerprint density at radius 2 is 1.93 bits per heavy atom. The number of hydrogen-bond donors (Lipinski definition) is 1. The van der Waals surface area contributed by atoms with E-state index >= 15 is 0 Å². The number of hydrogen-bond acceptors (Lipinski definition) is 2. The van der Waals surface area contributed by atoms with Crippen LogP contribution in [0.3, 0.4) is 0 Å². The first-order chi connectivity index (χ1) is 7.11. The molecule has 0 bridgehead atoms. The Labute approximate surface area is 92.1 Å². The molecule has 0 aromatic carbocycles. The maximum absolute atomic E-state index is 11.4. The summed E-state index contributed by atoms with van der Waals surface area (Å²) in [7, 11) is 0. The zero-order valence-electron chi connectivity index (χ0n) is 8.65. The summed E-state index contributed by atoms with van der Waals surface area (Å²) in [6.45, 7) is 3.93. The van der Waals surface area contributed by atoms with E-state index in [0.29, 0.717) is 5.56 Å². The van der Waals surface area contributed by atoms with Crippen LogP contribution in [-0.2, 0) is 0 Å². The van der Waals surface area contributed by atoms with Crippen molar-refractivity contribution in [2.75, 3.05) is 0 Å². The molecule has 15 heavy (non-hydrogen) atoms. The van der Waals surface area contributed by atoms with Gasteiger partial charge < -0.3 is 10.3 Å². The van der Waals surface area contributed by atoms with E-state index in [1.54, 1.807) is 11.3 Å². The van der Waals surface area contributed by atoms with Crippen LogP contribution in [0.2, 0.25) is 0 Å². The monoisotopic (exact) mass is 220 g/mol. The molecule has 4 heteroatoms. The molecule has 2 N–H and O–H groups in total. The molecule has 3 nitrogen and oxygen atoms in total. The van der Waals surface area contributed by atoms with Crippen molar-refractivity contribution >= 4 is 17.2 Å². The Morgan fingerprint density at radius 3 is 2.47 bits per heavy atom. The van der Waals surface area contributed by atoms with Gasteiger partial charge in [-0.3, -0.25) is 4.79 Å². The highest BCUT2D eigenvalue weighted by molar-refractivity contribution is 7.15. The van der Waals surface area contributed by atoms with E-state index in [1.807, 2.05) is 42.9 Å². The van der Waals surface area contributed by atoms with E-state index < -0.39 is 0 Å².